The molecule has 4 heteroatoms. The Bertz CT molecular complexity index is 407. The van der Waals surface area contributed by atoms with Crippen LogP contribution in [0.15, 0.2) is 22.7 Å². The Hall–Kier alpha value is -1.03. The maximum absolute atomic E-state index is 12.1. The lowest BCUT2D eigenvalue weighted by Crippen LogP contribution is -2.34. The van der Waals surface area contributed by atoms with E-state index in [0.29, 0.717) is 11.3 Å². The molecule has 1 N–H and O–H groups in total. The van der Waals surface area contributed by atoms with Crippen molar-refractivity contribution in [3.63, 3.8) is 0 Å². The number of amides is 1. The SMILES string of the molecule is CCCC(CC)NC(=O)c1ccc(Br)c(OC)c1. The van der Waals surface area contributed by atoms with E-state index < -0.39 is 0 Å². The van der Waals surface area contributed by atoms with Crippen molar-refractivity contribution in [1.82, 2.24) is 5.32 Å². The van der Waals surface area contributed by atoms with E-state index in [1.165, 1.54) is 0 Å². The molecule has 1 rings (SSSR count). The van der Waals surface area contributed by atoms with E-state index in [1.54, 1.807) is 19.2 Å². The van der Waals surface area contributed by atoms with Gasteiger partial charge in [-0.25, -0.2) is 0 Å². The van der Waals surface area contributed by atoms with Crippen molar-refractivity contribution >= 4 is 21.8 Å². The molecule has 1 unspecified atom stereocenters. The summed E-state index contributed by atoms with van der Waals surface area (Å²) >= 11 is 3.37. The second-order valence-corrected chi connectivity index (χ2v) is 5.07. The number of carbonyl (C=O) groups excluding carboxylic acids is 1. The number of halogens is 1. The van der Waals surface area contributed by atoms with Crippen LogP contribution in [0.1, 0.15) is 43.5 Å². The molecular weight excluding hydrogens is 294 g/mol. The minimum absolute atomic E-state index is 0.0406. The number of hydrogen-bond donors (Lipinski definition) is 1. The van der Waals surface area contributed by atoms with Crippen LogP contribution in [0.5, 0.6) is 5.75 Å². The molecule has 0 aromatic heterocycles. The standard InChI is InChI=1S/C14H20BrNO2/c1-4-6-11(5-2)16-14(17)10-7-8-12(15)13(9-10)18-3/h7-9,11H,4-6H2,1-3H3,(H,16,17). The van der Waals surface area contributed by atoms with Crippen LogP contribution in [0.2, 0.25) is 0 Å². The molecule has 0 heterocycles. The summed E-state index contributed by atoms with van der Waals surface area (Å²) in [5.41, 5.74) is 0.629. The number of nitrogens with one attached hydrogen (secondary N) is 1. The highest BCUT2D eigenvalue weighted by molar-refractivity contribution is 9.10. The Balaban J connectivity index is 2.77. The van der Waals surface area contributed by atoms with Gasteiger partial charge in [-0.2, -0.15) is 0 Å². The summed E-state index contributed by atoms with van der Waals surface area (Å²) in [7, 11) is 1.59. The molecule has 1 amide bonds. The van der Waals surface area contributed by atoms with Gasteiger partial charge in [-0.3, -0.25) is 4.79 Å². The topological polar surface area (TPSA) is 38.3 Å². The Morgan fingerprint density at radius 1 is 1.44 bits per heavy atom. The molecule has 0 saturated heterocycles. The molecule has 1 atom stereocenters. The van der Waals surface area contributed by atoms with Gasteiger partial charge in [0.2, 0.25) is 0 Å². The highest BCUT2D eigenvalue weighted by atomic mass is 79.9. The van der Waals surface area contributed by atoms with Gasteiger partial charge in [-0.1, -0.05) is 20.3 Å². The lowest BCUT2D eigenvalue weighted by Gasteiger charge is -2.16. The number of hydrogen-bond acceptors (Lipinski definition) is 2. The smallest absolute Gasteiger partial charge is 0.251 e. The van der Waals surface area contributed by atoms with Crippen molar-refractivity contribution in [2.75, 3.05) is 7.11 Å². The number of carbonyl (C=O) groups is 1. The van der Waals surface area contributed by atoms with Crippen LogP contribution in [-0.2, 0) is 0 Å². The van der Waals surface area contributed by atoms with Gasteiger partial charge < -0.3 is 10.1 Å². The fraction of sp³-hybridized carbons (Fsp3) is 0.500. The van der Waals surface area contributed by atoms with Gasteiger partial charge in [0.25, 0.3) is 5.91 Å². The predicted octanol–water partition coefficient (Wildman–Crippen LogP) is 3.77. The van der Waals surface area contributed by atoms with Crippen LogP contribution in [-0.4, -0.2) is 19.1 Å². The lowest BCUT2D eigenvalue weighted by atomic mass is 10.1. The summed E-state index contributed by atoms with van der Waals surface area (Å²) in [6.45, 7) is 4.21. The maximum Gasteiger partial charge on any atom is 0.251 e. The average molecular weight is 314 g/mol. The molecule has 3 nitrogen and oxygen atoms in total. The van der Waals surface area contributed by atoms with Crippen molar-refractivity contribution in [3.8, 4) is 5.75 Å². The minimum atomic E-state index is -0.0406. The molecule has 0 saturated carbocycles. The van der Waals surface area contributed by atoms with Crippen LogP contribution in [0.3, 0.4) is 0 Å². The first-order valence-electron chi connectivity index (χ1n) is 6.26. The van der Waals surface area contributed by atoms with Gasteiger partial charge in [-0.05, 0) is 47.0 Å². The highest BCUT2D eigenvalue weighted by Crippen LogP contribution is 2.25. The van der Waals surface area contributed by atoms with Crippen molar-refractivity contribution in [2.24, 2.45) is 0 Å². The highest BCUT2D eigenvalue weighted by Gasteiger charge is 2.13. The number of methoxy groups -OCH3 is 1. The summed E-state index contributed by atoms with van der Waals surface area (Å²) in [6.07, 6.45) is 3.03. The van der Waals surface area contributed by atoms with Gasteiger partial charge in [0.1, 0.15) is 5.75 Å². The second kappa shape index (κ2) is 7.41. The lowest BCUT2D eigenvalue weighted by molar-refractivity contribution is 0.0933. The van der Waals surface area contributed by atoms with Crippen LogP contribution in [0.4, 0.5) is 0 Å². The fourth-order valence-electron chi connectivity index (χ4n) is 1.80. The first-order valence-corrected chi connectivity index (χ1v) is 7.06. The van der Waals surface area contributed by atoms with Gasteiger partial charge in [0.05, 0.1) is 11.6 Å². The van der Waals surface area contributed by atoms with Crippen molar-refractivity contribution in [3.05, 3.63) is 28.2 Å². The molecule has 100 valence electrons. The summed E-state index contributed by atoms with van der Waals surface area (Å²) in [6, 6.07) is 5.62. The van der Waals surface area contributed by atoms with E-state index in [4.69, 9.17) is 4.74 Å². The summed E-state index contributed by atoms with van der Waals surface area (Å²) < 4.78 is 6.04. The normalized spacial score (nSPS) is 12.0. The fourth-order valence-corrected chi connectivity index (χ4v) is 2.21. The largest absolute Gasteiger partial charge is 0.496 e. The third-order valence-electron chi connectivity index (χ3n) is 2.88. The number of ether oxygens (including phenoxy) is 1. The van der Waals surface area contributed by atoms with Crippen molar-refractivity contribution < 1.29 is 9.53 Å². The summed E-state index contributed by atoms with van der Waals surface area (Å²) in [4.78, 5) is 12.1. The van der Waals surface area contributed by atoms with E-state index in [2.05, 4.69) is 35.1 Å². The molecule has 0 aliphatic heterocycles. The van der Waals surface area contributed by atoms with Crippen LogP contribution < -0.4 is 10.1 Å². The quantitative estimate of drug-likeness (QED) is 0.868. The molecular formula is C14H20BrNO2. The van der Waals surface area contributed by atoms with E-state index in [1.807, 2.05) is 6.07 Å². The molecule has 18 heavy (non-hydrogen) atoms. The van der Waals surface area contributed by atoms with Crippen LogP contribution in [0.25, 0.3) is 0 Å². The average Bonchev–Trinajstić information content (AvgIpc) is 2.38. The van der Waals surface area contributed by atoms with E-state index in [-0.39, 0.29) is 11.9 Å². The van der Waals surface area contributed by atoms with E-state index in [9.17, 15) is 4.79 Å². The monoisotopic (exact) mass is 313 g/mol. The molecule has 0 spiro atoms. The van der Waals surface area contributed by atoms with Gasteiger partial charge >= 0.3 is 0 Å². The summed E-state index contributed by atoms with van der Waals surface area (Å²) in [5, 5.41) is 3.04. The van der Waals surface area contributed by atoms with Gasteiger partial charge in [0.15, 0.2) is 0 Å². The van der Waals surface area contributed by atoms with Gasteiger partial charge in [-0.15, -0.1) is 0 Å². The van der Waals surface area contributed by atoms with E-state index in [0.717, 1.165) is 23.7 Å². The first kappa shape index (κ1) is 15.0. The molecule has 0 fully saturated rings. The van der Waals surface area contributed by atoms with Crippen molar-refractivity contribution in [2.45, 2.75) is 39.2 Å². The molecule has 1 aromatic carbocycles. The van der Waals surface area contributed by atoms with E-state index >= 15 is 0 Å². The van der Waals surface area contributed by atoms with Gasteiger partial charge in [0, 0.05) is 11.6 Å². The van der Waals surface area contributed by atoms with Crippen LogP contribution in [0, 0.1) is 0 Å². The zero-order chi connectivity index (χ0) is 13.5. The zero-order valence-corrected chi connectivity index (χ0v) is 12.7. The predicted molar refractivity (Wildman–Crippen MR) is 77.1 cm³/mol. The molecule has 1 aromatic rings. The number of rotatable bonds is 6. The maximum atomic E-state index is 12.1. The minimum Gasteiger partial charge on any atom is -0.496 e. The Morgan fingerprint density at radius 3 is 2.72 bits per heavy atom. The second-order valence-electron chi connectivity index (χ2n) is 4.22. The Morgan fingerprint density at radius 2 is 2.17 bits per heavy atom. The summed E-state index contributed by atoms with van der Waals surface area (Å²) in [5.74, 6) is 0.632. The Kier molecular flexibility index (Phi) is 6.19. The van der Waals surface area contributed by atoms with Crippen LogP contribution >= 0.6 is 15.9 Å². The number of benzene rings is 1. The van der Waals surface area contributed by atoms with Crippen molar-refractivity contribution in [1.29, 1.82) is 0 Å². The third-order valence-corrected chi connectivity index (χ3v) is 3.53. The molecule has 0 radical (unpaired) electrons. The molecule has 0 aliphatic rings. The zero-order valence-electron chi connectivity index (χ0n) is 11.1. The molecule has 0 bridgehead atoms. The Labute approximate surface area is 117 Å². The molecule has 0 aliphatic carbocycles. The first-order chi connectivity index (χ1) is 8.62. The third kappa shape index (κ3) is 4.02.